The molecule has 4 atom stereocenters. The van der Waals surface area contributed by atoms with E-state index in [2.05, 4.69) is 10.5 Å². The van der Waals surface area contributed by atoms with Crippen molar-refractivity contribution in [2.24, 2.45) is 17.0 Å². The molecule has 4 rings (SSSR count). The molecule has 0 radical (unpaired) electrons. The summed E-state index contributed by atoms with van der Waals surface area (Å²) in [6.07, 6.45) is 5.00. The number of amides is 1. The summed E-state index contributed by atoms with van der Waals surface area (Å²) in [5.41, 5.74) is 0.383. The van der Waals surface area contributed by atoms with Crippen LogP contribution in [0.25, 0.3) is 0 Å². The number of hydrogen-bond acceptors (Lipinski definition) is 4. The molecule has 6 nitrogen and oxygen atoms in total. The van der Waals surface area contributed by atoms with Gasteiger partial charge in [-0.3, -0.25) is 9.59 Å². The van der Waals surface area contributed by atoms with Crippen molar-refractivity contribution in [3.63, 3.8) is 0 Å². The van der Waals surface area contributed by atoms with Crippen LogP contribution in [-0.4, -0.2) is 34.3 Å². The summed E-state index contributed by atoms with van der Waals surface area (Å²) in [7, 11) is 0. The number of oxime groups is 1. The lowest BCUT2D eigenvalue weighted by molar-refractivity contribution is -0.161. The van der Waals surface area contributed by atoms with E-state index in [1.165, 1.54) is 0 Å². The van der Waals surface area contributed by atoms with Crippen molar-refractivity contribution in [3.05, 3.63) is 46.0 Å². The first-order chi connectivity index (χ1) is 12.4. The summed E-state index contributed by atoms with van der Waals surface area (Å²) < 4.78 is 0. The first-order valence-corrected chi connectivity index (χ1v) is 9.09. The predicted octanol–water partition coefficient (Wildman–Crippen LogP) is 3.02. The highest BCUT2D eigenvalue weighted by Gasteiger charge is 2.61. The molecular weight excluding hydrogens is 379 g/mol. The zero-order valence-electron chi connectivity index (χ0n) is 13.6. The predicted molar refractivity (Wildman–Crippen MR) is 96.4 cm³/mol. The Labute approximate surface area is 159 Å². The largest absolute Gasteiger partial charge is 0.481 e. The number of rotatable bonds is 4. The molecule has 1 aromatic rings. The number of nitrogens with one attached hydrogen (secondary N) is 1. The minimum atomic E-state index is -1.03. The van der Waals surface area contributed by atoms with E-state index in [4.69, 9.17) is 33.1 Å². The van der Waals surface area contributed by atoms with E-state index in [0.29, 0.717) is 28.6 Å². The highest BCUT2D eigenvalue weighted by Crippen LogP contribution is 2.49. The van der Waals surface area contributed by atoms with Crippen LogP contribution in [-0.2, 0) is 14.4 Å². The Hall–Kier alpha value is -2.05. The maximum atomic E-state index is 12.8. The Kier molecular flexibility index (Phi) is 4.20. The van der Waals surface area contributed by atoms with Crippen molar-refractivity contribution in [3.8, 4) is 0 Å². The molecule has 8 heteroatoms. The lowest BCUT2D eigenvalue weighted by atomic mass is 9.66. The van der Waals surface area contributed by atoms with Crippen LogP contribution in [0.3, 0.4) is 0 Å². The number of carboxylic acids is 1. The quantitative estimate of drug-likeness (QED) is 0.768. The second-order valence-electron chi connectivity index (χ2n) is 6.85. The number of carbonyl (C=O) groups is 2. The van der Waals surface area contributed by atoms with E-state index in [-0.39, 0.29) is 17.9 Å². The number of nitrogens with zero attached hydrogens (tertiary/aromatic N) is 1. The molecule has 0 aromatic heterocycles. The Morgan fingerprint density at radius 3 is 2.54 bits per heavy atom. The fourth-order valence-electron chi connectivity index (χ4n) is 3.76. The number of hydrogen-bond donors (Lipinski definition) is 2. The molecule has 26 heavy (non-hydrogen) atoms. The number of carboxylic acid groups (broad SMARTS) is 1. The van der Waals surface area contributed by atoms with Gasteiger partial charge in [0, 0.05) is 28.1 Å². The average molecular weight is 395 g/mol. The Balaban J connectivity index is 1.48. The second kappa shape index (κ2) is 6.28. The normalized spacial score (nSPS) is 31.6. The first kappa shape index (κ1) is 17.4. The van der Waals surface area contributed by atoms with Crippen molar-refractivity contribution in [1.29, 1.82) is 0 Å². The summed E-state index contributed by atoms with van der Waals surface area (Å²) in [6.45, 7) is 0. The zero-order valence-corrected chi connectivity index (χ0v) is 15.1. The van der Waals surface area contributed by atoms with E-state index in [0.717, 1.165) is 12.0 Å². The Morgan fingerprint density at radius 1 is 1.23 bits per heavy atom. The molecule has 2 aliphatic carbocycles. The van der Waals surface area contributed by atoms with Crippen LogP contribution in [0.5, 0.6) is 0 Å². The van der Waals surface area contributed by atoms with E-state index >= 15 is 0 Å². The van der Waals surface area contributed by atoms with Crippen molar-refractivity contribution in [2.75, 3.05) is 0 Å². The molecule has 3 aliphatic rings. The van der Waals surface area contributed by atoms with Gasteiger partial charge in [-0.1, -0.05) is 40.5 Å². The number of benzene rings is 1. The summed E-state index contributed by atoms with van der Waals surface area (Å²) in [5.74, 6) is -1.89. The molecule has 1 aromatic carbocycles. The molecule has 1 amide bonds. The molecule has 1 saturated carbocycles. The topological polar surface area (TPSA) is 88.0 Å². The SMILES string of the molecule is O=C(O)[C@@H]1C=C[C@H](NC(=O)C23CCC2C(c2cc(Cl)cc(Cl)c2)=NO3)C1. The summed E-state index contributed by atoms with van der Waals surface area (Å²) >= 11 is 12.1. The van der Waals surface area contributed by atoms with Crippen molar-refractivity contribution in [2.45, 2.75) is 30.9 Å². The smallest absolute Gasteiger partial charge is 0.310 e. The highest BCUT2D eigenvalue weighted by molar-refractivity contribution is 6.35. The van der Waals surface area contributed by atoms with Crippen LogP contribution in [0.4, 0.5) is 0 Å². The van der Waals surface area contributed by atoms with Crippen molar-refractivity contribution < 1.29 is 19.5 Å². The molecular formula is C18H16Cl2N2O4. The summed E-state index contributed by atoms with van der Waals surface area (Å²) in [6, 6.07) is 4.82. The second-order valence-corrected chi connectivity index (χ2v) is 7.72. The lowest BCUT2D eigenvalue weighted by Gasteiger charge is -2.40. The lowest BCUT2D eigenvalue weighted by Crippen LogP contribution is -2.60. The van der Waals surface area contributed by atoms with E-state index in [9.17, 15) is 9.59 Å². The van der Waals surface area contributed by atoms with E-state index in [1.54, 1.807) is 30.4 Å². The van der Waals surface area contributed by atoms with Gasteiger partial charge >= 0.3 is 5.97 Å². The van der Waals surface area contributed by atoms with Crippen LogP contribution < -0.4 is 5.32 Å². The number of halogens is 2. The van der Waals surface area contributed by atoms with Gasteiger partial charge in [0.2, 0.25) is 5.60 Å². The van der Waals surface area contributed by atoms with Gasteiger partial charge in [0.05, 0.1) is 17.5 Å². The van der Waals surface area contributed by atoms with Crippen LogP contribution in [0.2, 0.25) is 10.0 Å². The molecule has 0 bridgehead atoms. The number of fused-ring (bicyclic) bond motifs is 1. The standard InChI is InChI=1S/C18H16Cl2N2O4/c19-11-5-10(6-12(20)8-11)15-14-3-4-18(14,26-22-15)17(25)21-13-2-1-9(7-13)16(23)24/h1-2,5-6,8-9,13-14H,3-4,7H2,(H,21,25)(H,23,24)/t9-,13+,14?,18?/m1/s1. The third-order valence-corrected chi connectivity index (χ3v) is 5.70. The van der Waals surface area contributed by atoms with Gasteiger partial charge in [0.15, 0.2) is 0 Å². The molecule has 0 saturated heterocycles. The minimum Gasteiger partial charge on any atom is -0.481 e. The minimum absolute atomic E-state index is 0.169. The van der Waals surface area contributed by atoms with Gasteiger partial charge in [-0.2, -0.15) is 0 Å². The third-order valence-electron chi connectivity index (χ3n) is 5.26. The van der Waals surface area contributed by atoms with Crippen molar-refractivity contribution in [1.82, 2.24) is 5.32 Å². The van der Waals surface area contributed by atoms with Gasteiger partial charge in [-0.15, -0.1) is 0 Å². The Bertz CT molecular complexity index is 833. The van der Waals surface area contributed by atoms with Crippen LogP contribution >= 0.6 is 23.2 Å². The van der Waals surface area contributed by atoms with Gasteiger partial charge < -0.3 is 15.3 Å². The molecule has 1 fully saturated rings. The zero-order chi connectivity index (χ0) is 18.5. The van der Waals surface area contributed by atoms with Gasteiger partial charge in [0.25, 0.3) is 5.91 Å². The maximum Gasteiger partial charge on any atom is 0.310 e. The van der Waals surface area contributed by atoms with Crippen molar-refractivity contribution >= 4 is 40.8 Å². The fourth-order valence-corrected chi connectivity index (χ4v) is 4.29. The highest BCUT2D eigenvalue weighted by atomic mass is 35.5. The van der Waals surface area contributed by atoms with Gasteiger partial charge in [-0.05, 0) is 31.0 Å². The maximum absolute atomic E-state index is 12.8. The van der Waals surface area contributed by atoms with Crippen LogP contribution in [0.1, 0.15) is 24.8 Å². The van der Waals surface area contributed by atoms with Gasteiger partial charge in [0.1, 0.15) is 0 Å². The monoisotopic (exact) mass is 394 g/mol. The fraction of sp³-hybridized carbons (Fsp3) is 0.389. The molecule has 1 heterocycles. The first-order valence-electron chi connectivity index (χ1n) is 8.34. The summed E-state index contributed by atoms with van der Waals surface area (Å²) in [5, 5.41) is 17.1. The molecule has 1 aliphatic heterocycles. The molecule has 2 unspecified atom stereocenters. The number of aliphatic carboxylic acids is 1. The third kappa shape index (κ3) is 2.77. The Morgan fingerprint density at radius 2 is 1.96 bits per heavy atom. The van der Waals surface area contributed by atoms with Crippen LogP contribution in [0, 0.1) is 11.8 Å². The molecule has 136 valence electrons. The van der Waals surface area contributed by atoms with Crippen LogP contribution in [0.15, 0.2) is 35.5 Å². The molecule has 2 N–H and O–H groups in total. The summed E-state index contributed by atoms with van der Waals surface area (Å²) in [4.78, 5) is 29.5. The van der Waals surface area contributed by atoms with Gasteiger partial charge in [-0.25, -0.2) is 0 Å². The molecule has 0 spiro atoms. The van der Waals surface area contributed by atoms with E-state index in [1.807, 2.05) is 0 Å². The van der Waals surface area contributed by atoms with E-state index < -0.39 is 17.5 Å². The number of carbonyl (C=O) groups excluding carboxylic acids is 1. The average Bonchev–Trinajstić information content (AvgIpc) is 3.10.